The Morgan fingerprint density at radius 1 is 1.32 bits per heavy atom. The van der Waals surface area contributed by atoms with Crippen molar-refractivity contribution in [1.29, 1.82) is 0 Å². The number of nitrogens with zero attached hydrogens (tertiary/aromatic N) is 1. The van der Waals surface area contributed by atoms with Gasteiger partial charge in [0.1, 0.15) is 0 Å². The minimum atomic E-state index is -0.0979. The number of hydrogen-bond acceptors (Lipinski definition) is 3. The average Bonchev–Trinajstić information content (AvgIpc) is 2.83. The molecule has 0 radical (unpaired) electrons. The van der Waals surface area contributed by atoms with Gasteiger partial charge < -0.3 is 4.98 Å². The quantitative estimate of drug-likeness (QED) is 0.729. The number of aromatic nitrogens is 2. The van der Waals surface area contributed by atoms with Crippen LogP contribution >= 0.6 is 23.8 Å². The van der Waals surface area contributed by atoms with Gasteiger partial charge in [0, 0.05) is 23.7 Å². The zero-order valence-corrected chi connectivity index (χ0v) is 13.8. The van der Waals surface area contributed by atoms with Gasteiger partial charge in [0.25, 0.3) is 5.56 Å². The molecule has 1 atom stereocenters. The van der Waals surface area contributed by atoms with Crippen molar-refractivity contribution in [3.05, 3.63) is 60.7 Å². The Hall–Kier alpha value is -1.43. The van der Waals surface area contributed by atoms with E-state index < -0.39 is 0 Å². The molecule has 1 aromatic carbocycles. The summed E-state index contributed by atoms with van der Waals surface area (Å²) in [6, 6.07) is 6.13. The maximum Gasteiger partial charge on any atom is 0.256 e. The fourth-order valence-corrected chi connectivity index (χ4v) is 4.47. The molecular formula is C16H16ClN3OS. The van der Waals surface area contributed by atoms with Crippen LogP contribution < -0.4 is 5.56 Å². The Morgan fingerprint density at radius 2 is 2.14 bits per heavy atom. The van der Waals surface area contributed by atoms with E-state index in [9.17, 15) is 4.79 Å². The highest BCUT2D eigenvalue weighted by atomic mass is 35.5. The topological polar surface area (TPSA) is 51.9 Å². The molecular weight excluding hydrogens is 318 g/mol. The zero-order chi connectivity index (χ0) is 15.5. The lowest BCUT2D eigenvalue weighted by Gasteiger charge is -2.43. The van der Waals surface area contributed by atoms with Gasteiger partial charge in [0.2, 0.25) is 0 Å². The summed E-state index contributed by atoms with van der Waals surface area (Å²) in [4.78, 5) is 20.3. The van der Waals surface area contributed by atoms with E-state index in [0.717, 1.165) is 35.5 Å². The molecule has 4 rings (SSSR count). The third-order valence-corrected chi connectivity index (χ3v) is 5.69. The number of benzene rings is 1. The molecule has 22 heavy (non-hydrogen) atoms. The molecule has 2 heterocycles. The zero-order valence-electron chi connectivity index (χ0n) is 12.2. The van der Waals surface area contributed by atoms with Crippen LogP contribution in [0.5, 0.6) is 0 Å². The molecule has 0 saturated carbocycles. The fraction of sp³-hybridized carbons (Fsp3) is 0.375. The Morgan fingerprint density at radius 3 is 2.95 bits per heavy atom. The van der Waals surface area contributed by atoms with Crippen LogP contribution in [0.4, 0.5) is 0 Å². The van der Waals surface area contributed by atoms with Crippen LogP contribution in [0.15, 0.2) is 23.0 Å². The van der Waals surface area contributed by atoms with Crippen molar-refractivity contribution in [1.82, 2.24) is 14.9 Å². The molecule has 0 saturated heterocycles. The maximum absolute atomic E-state index is 12.1. The first-order valence-electron chi connectivity index (χ1n) is 7.35. The minimum Gasteiger partial charge on any atom is -0.335 e. The number of H-pyrrole nitrogens is 2. The summed E-state index contributed by atoms with van der Waals surface area (Å²) in [5.74, 6) is 0. The van der Waals surface area contributed by atoms with Gasteiger partial charge in [-0.05, 0) is 49.3 Å². The van der Waals surface area contributed by atoms with Crippen LogP contribution in [0.2, 0.25) is 5.02 Å². The molecule has 1 spiro atoms. The number of fused-ring (bicyclic) bond motifs is 3. The van der Waals surface area contributed by atoms with Crippen LogP contribution in [0, 0.1) is 4.77 Å². The third-order valence-electron chi connectivity index (χ3n) is 5.13. The van der Waals surface area contributed by atoms with Gasteiger partial charge >= 0.3 is 0 Å². The van der Waals surface area contributed by atoms with Crippen LogP contribution in [-0.2, 0) is 24.9 Å². The summed E-state index contributed by atoms with van der Waals surface area (Å²) in [7, 11) is 2.08. The smallest absolute Gasteiger partial charge is 0.256 e. The standard InChI is InChI=1S/C16H16ClN3OS/c1-20-8-10-13(18-15(22)19-14(10)21)7-16(20)6-5-9-11(16)3-2-4-12(9)17/h2-4H,5-8H2,1H3,(H2,18,19,21,22). The molecule has 1 aliphatic heterocycles. The van der Waals surface area contributed by atoms with Crippen molar-refractivity contribution in [2.24, 2.45) is 0 Å². The average molecular weight is 334 g/mol. The van der Waals surface area contributed by atoms with Gasteiger partial charge in [-0.3, -0.25) is 14.7 Å². The highest BCUT2D eigenvalue weighted by Crippen LogP contribution is 2.47. The second-order valence-corrected chi connectivity index (χ2v) is 7.01. The molecule has 1 aliphatic carbocycles. The summed E-state index contributed by atoms with van der Waals surface area (Å²) >= 11 is 11.5. The van der Waals surface area contributed by atoms with Gasteiger partial charge in [0.05, 0.1) is 11.1 Å². The first-order valence-corrected chi connectivity index (χ1v) is 8.13. The fourth-order valence-electron chi connectivity index (χ4n) is 3.99. The summed E-state index contributed by atoms with van der Waals surface area (Å²) in [5, 5.41) is 0.840. The molecule has 1 unspecified atom stereocenters. The molecule has 2 aliphatic rings. The van der Waals surface area contributed by atoms with E-state index in [0.29, 0.717) is 11.3 Å². The van der Waals surface area contributed by atoms with E-state index in [-0.39, 0.29) is 11.1 Å². The Balaban J connectivity index is 1.91. The summed E-state index contributed by atoms with van der Waals surface area (Å²) in [6.45, 7) is 0.614. The first kappa shape index (κ1) is 14.2. The molecule has 1 aromatic heterocycles. The summed E-state index contributed by atoms with van der Waals surface area (Å²) in [5.41, 5.74) is 4.09. The second kappa shape index (κ2) is 4.78. The number of rotatable bonds is 0. The predicted octanol–water partition coefficient (Wildman–Crippen LogP) is 2.92. The number of hydrogen-bond donors (Lipinski definition) is 2. The normalized spacial score (nSPS) is 23.5. The SMILES string of the molecule is CN1Cc2c([nH]c(=S)[nH]c2=O)CC12CCc1c(Cl)cccc12. The van der Waals surface area contributed by atoms with Gasteiger partial charge in [0.15, 0.2) is 4.77 Å². The van der Waals surface area contributed by atoms with Gasteiger partial charge in [-0.25, -0.2) is 0 Å². The van der Waals surface area contributed by atoms with Crippen LogP contribution in [-0.4, -0.2) is 21.9 Å². The monoisotopic (exact) mass is 333 g/mol. The molecule has 0 fully saturated rings. The van der Waals surface area contributed by atoms with Crippen molar-refractivity contribution < 1.29 is 0 Å². The minimum absolute atomic E-state index is 0.0789. The largest absolute Gasteiger partial charge is 0.335 e. The molecule has 4 nitrogen and oxygen atoms in total. The van der Waals surface area contributed by atoms with Crippen molar-refractivity contribution >= 4 is 23.8 Å². The van der Waals surface area contributed by atoms with Crippen molar-refractivity contribution in [2.75, 3.05) is 7.05 Å². The molecule has 6 heteroatoms. The molecule has 0 amide bonds. The van der Waals surface area contributed by atoms with Crippen molar-refractivity contribution in [3.8, 4) is 0 Å². The van der Waals surface area contributed by atoms with E-state index in [4.69, 9.17) is 23.8 Å². The van der Waals surface area contributed by atoms with E-state index in [1.807, 2.05) is 12.1 Å². The van der Waals surface area contributed by atoms with Crippen molar-refractivity contribution in [3.63, 3.8) is 0 Å². The van der Waals surface area contributed by atoms with Gasteiger partial charge in [-0.15, -0.1) is 0 Å². The highest BCUT2D eigenvalue weighted by Gasteiger charge is 2.46. The number of halogens is 1. The molecule has 2 N–H and O–H groups in total. The third kappa shape index (κ3) is 1.86. The van der Waals surface area contributed by atoms with E-state index in [1.165, 1.54) is 11.1 Å². The number of aromatic amines is 2. The Labute approximate surface area is 138 Å². The molecule has 2 aromatic rings. The Kier molecular flexibility index (Phi) is 3.08. The van der Waals surface area contributed by atoms with Crippen LogP contribution in [0.25, 0.3) is 0 Å². The highest BCUT2D eigenvalue weighted by molar-refractivity contribution is 7.71. The lowest BCUT2D eigenvalue weighted by Crippen LogP contribution is -2.48. The summed E-state index contributed by atoms with van der Waals surface area (Å²) in [6.07, 6.45) is 2.74. The van der Waals surface area contributed by atoms with E-state index >= 15 is 0 Å². The Bertz CT molecular complexity index is 888. The van der Waals surface area contributed by atoms with Crippen molar-refractivity contribution in [2.45, 2.75) is 31.3 Å². The number of nitrogens with one attached hydrogen (secondary N) is 2. The van der Waals surface area contributed by atoms with E-state index in [1.54, 1.807) is 0 Å². The van der Waals surface area contributed by atoms with Gasteiger partial charge in [-0.1, -0.05) is 23.7 Å². The van der Waals surface area contributed by atoms with Crippen LogP contribution in [0.1, 0.15) is 28.8 Å². The summed E-state index contributed by atoms with van der Waals surface area (Å²) < 4.78 is 0.396. The lowest BCUT2D eigenvalue weighted by molar-refractivity contribution is 0.0922. The second-order valence-electron chi connectivity index (χ2n) is 6.20. The first-order chi connectivity index (χ1) is 10.5. The van der Waals surface area contributed by atoms with Crippen LogP contribution in [0.3, 0.4) is 0 Å². The lowest BCUT2D eigenvalue weighted by atomic mass is 9.81. The number of likely N-dealkylation sites (N-methyl/N-ethyl adjacent to an activating group) is 1. The molecule has 114 valence electrons. The maximum atomic E-state index is 12.1. The predicted molar refractivity (Wildman–Crippen MR) is 88.9 cm³/mol. The van der Waals surface area contributed by atoms with E-state index in [2.05, 4.69) is 28.0 Å². The van der Waals surface area contributed by atoms with Gasteiger partial charge in [-0.2, -0.15) is 0 Å². The molecule has 0 bridgehead atoms.